The van der Waals surface area contributed by atoms with E-state index < -0.39 is 0 Å². The maximum absolute atomic E-state index is 13.8. The Morgan fingerprint density at radius 1 is 1.00 bits per heavy atom. The van der Waals surface area contributed by atoms with Crippen LogP contribution >= 0.6 is 0 Å². The first-order valence-electron chi connectivity index (χ1n) is 9.40. The molecule has 0 spiro atoms. The van der Waals surface area contributed by atoms with Crippen molar-refractivity contribution in [2.24, 2.45) is 17.8 Å². The van der Waals surface area contributed by atoms with Crippen LogP contribution in [-0.4, -0.2) is 0 Å². The van der Waals surface area contributed by atoms with Crippen LogP contribution in [0.15, 0.2) is 18.2 Å². The zero-order chi connectivity index (χ0) is 16.2. The summed E-state index contributed by atoms with van der Waals surface area (Å²) < 4.78 is 13.8. The first-order chi connectivity index (χ1) is 11.2. The van der Waals surface area contributed by atoms with Crippen LogP contribution in [0, 0.1) is 34.9 Å². The number of rotatable bonds is 3. The summed E-state index contributed by atoms with van der Waals surface area (Å²) in [4.78, 5) is 0. The maximum Gasteiger partial charge on any atom is 0.141 e. The molecule has 0 N–H and O–H groups in total. The van der Waals surface area contributed by atoms with E-state index in [1.165, 1.54) is 57.8 Å². The van der Waals surface area contributed by atoms with Gasteiger partial charge in [0.25, 0.3) is 0 Å². The normalized spacial score (nSPS) is 31.5. The van der Waals surface area contributed by atoms with E-state index in [0.717, 1.165) is 23.3 Å². The number of nitriles is 1. The SMILES string of the molecule is CCC1CCC(C2CCC(c3ccc(C#N)c(F)c3)CC2)CC1. The second-order valence-electron chi connectivity index (χ2n) is 7.65. The van der Waals surface area contributed by atoms with Crippen LogP contribution in [0.4, 0.5) is 4.39 Å². The fraction of sp³-hybridized carbons (Fsp3) is 0.667. The third kappa shape index (κ3) is 3.77. The summed E-state index contributed by atoms with van der Waals surface area (Å²) in [5, 5.41) is 8.85. The predicted molar refractivity (Wildman–Crippen MR) is 91.6 cm³/mol. The third-order valence-corrected chi connectivity index (χ3v) is 6.49. The number of benzene rings is 1. The molecule has 1 nitrogen and oxygen atoms in total. The second-order valence-corrected chi connectivity index (χ2v) is 7.65. The van der Waals surface area contributed by atoms with Crippen molar-refractivity contribution in [2.45, 2.75) is 70.6 Å². The maximum atomic E-state index is 13.8. The van der Waals surface area contributed by atoms with Crippen molar-refractivity contribution >= 4 is 0 Å². The molecule has 2 aliphatic carbocycles. The minimum Gasteiger partial charge on any atom is -0.206 e. The lowest BCUT2D eigenvalue weighted by Crippen LogP contribution is -2.25. The molecule has 1 aromatic carbocycles. The first-order valence-corrected chi connectivity index (χ1v) is 9.40. The quantitative estimate of drug-likeness (QED) is 0.653. The summed E-state index contributed by atoms with van der Waals surface area (Å²) in [7, 11) is 0. The van der Waals surface area contributed by atoms with Crippen LogP contribution in [0.3, 0.4) is 0 Å². The van der Waals surface area contributed by atoms with Crippen molar-refractivity contribution in [1.82, 2.24) is 0 Å². The fourth-order valence-electron chi connectivity index (χ4n) is 4.87. The van der Waals surface area contributed by atoms with Crippen LogP contribution in [0.1, 0.15) is 81.8 Å². The van der Waals surface area contributed by atoms with E-state index in [1.807, 2.05) is 12.1 Å². The van der Waals surface area contributed by atoms with Gasteiger partial charge in [0.15, 0.2) is 0 Å². The Kier molecular flexibility index (Phi) is 5.36. The standard InChI is InChI=1S/C21H28FN/c1-2-15-3-5-16(6-4-15)17-7-9-18(10-8-17)19-11-12-20(14-23)21(22)13-19/h11-13,15-18H,2-10H2,1H3. The Labute approximate surface area is 139 Å². The van der Waals surface area contributed by atoms with Crippen molar-refractivity contribution in [3.8, 4) is 6.07 Å². The molecule has 2 aliphatic rings. The minimum atomic E-state index is -0.356. The molecule has 0 radical (unpaired) electrons. The Hall–Kier alpha value is -1.36. The van der Waals surface area contributed by atoms with Gasteiger partial charge < -0.3 is 0 Å². The molecule has 2 saturated carbocycles. The molecule has 0 aromatic heterocycles. The molecule has 124 valence electrons. The summed E-state index contributed by atoms with van der Waals surface area (Å²) in [6, 6.07) is 7.10. The number of hydrogen-bond acceptors (Lipinski definition) is 1. The van der Waals surface area contributed by atoms with Crippen LogP contribution < -0.4 is 0 Å². The highest BCUT2D eigenvalue weighted by atomic mass is 19.1. The summed E-state index contributed by atoms with van der Waals surface area (Å²) in [6.07, 6.45) is 12.0. The summed E-state index contributed by atoms with van der Waals surface area (Å²) in [5.41, 5.74) is 1.25. The molecule has 3 rings (SSSR count). The average Bonchev–Trinajstić information content (AvgIpc) is 2.62. The summed E-state index contributed by atoms with van der Waals surface area (Å²) in [6.45, 7) is 2.33. The van der Waals surface area contributed by atoms with Crippen LogP contribution in [0.25, 0.3) is 0 Å². The minimum absolute atomic E-state index is 0.162. The van der Waals surface area contributed by atoms with Gasteiger partial charge in [0.1, 0.15) is 11.9 Å². The van der Waals surface area contributed by atoms with Gasteiger partial charge >= 0.3 is 0 Å². The highest BCUT2D eigenvalue weighted by Gasteiger charge is 2.31. The van der Waals surface area contributed by atoms with Crippen molar-refractivity contribution in [3.05, 3.63) is 35.1 Å². The van der Waals surface area contributed by atoms with Crippen molar-refractivity contribution < 1.29 is 4.39 Å². The van der Waals surface area contributed by atoms with Gasteiger partial charge in [0, 0.05) is 0 Å². The van der Waals surface area contributed by atoms with Gasteiger partial charge in [-0.2, -0.15) is 5.26 Å². The molecule has 0 amide bonds. The van der Waals surface area contributed by atoms with Gasteiger partial charge in [0.2, 0.25) is 0 Å². The molecule has 23 heavy (non-hydrogen) atoms. The topological polar surface area (TPSA) is 23.8 Å². The lowest BCUT2D eigenvalue weighted by Gasteiger charge is -2.38. The molecule has 2 heteroatoms. The summed E-state index contributed by atoms with van der Waals surface area (Å²) in [5.74, 6) is 2.94. The molecule has 0 atom stereocenters. The number of hydrogen-bond donors (Lipinski definition) is 0. The molecule has 0 aliphatic heterocycles. The molecule has 0 saturated heterocycles. The number of nitrogens with zero attached hydrogens (tertiary/aromatic N) is 1. The highest BCUT2D eigenvalue weighted by molar-refractivity contribution is 5.34. The van der Waals surface area contributed by atoms with Gasteiger partial charge in [-0.25, -0.2) is 4.39 Å². The largest absolute Gasteiger partial charge is 0.206 e. The monoisotopic (exact) mass is 313 g/mol. The first kappa shape index (κ1) is 16.5. The highest BCUT2D eigenvalue weighted by Crippen LogP contribution is 2.44. The van der Waals surface area contributed by atoms with Crippen molar-refractivity contribution in [2.75, 3.05) is 0 Å². The lowest BCUT2D eigenvalue weighted by atomic mass is 9.68. The molecule has 0 heterocycles. The van der Waals surface area contributed by atoms with E-state index in [-0.39, 0.29) is 11.4 Å². The Bertz CT molecular complexity index is 558. The van der Waals surface area contributed by atoms with Gasteiger partial charge in [0.05, 0.1) is 5.56 Å². The molecule has 0 bridgehead atoms. The van der Waals surface area contributed by atoms with E-state index in [1.54, 1.807) is 12.1 Å². The molecule has 0 unspecified atom stereocenters. The van der Waals surface area contributed by atoms with E-state index >= 15 is 0 Å². The molecule has 1 aromatic rings. The van der Waals surface area contributed by atoms with Gasteiger partial charge in [-0.05, 0) is 79.9 Å². The fourth-order valence-corrected chi connectivity index (χ4v) is 4.87. The second kappa shape index (κ2) is 7.47. The summed E-state index contributed by atoms with van der Waals surface area (Å²) >= 11 is 0. The Morgan fingerprint density at radius 3 is 2.13 bits per heavy atom. The van der Waals surface area contributed by atoms with E-state index in [4.69, 9.17) is 5.26 Å². The van der Waals surface area contributed by atoms with E-state index in [2.05, 4.69) is 6.92 Å². The molecular weight excluding hydrogens is 285 g/mol. The van der Waals surface area contributed by atoms with Gasteiger partial charge in [-0.15, -0.1) is 0 Å². The van der Waals surface area contributed by atoms with E-state index in [9.17, 15) is 4.39 Å². The van der Waals surface area contributed by atoms with Crippen LogP contribution in [-0.2, 0) is 0 Å². The van der Waals surface area contributed by atoms with Crippen LogP contribution in [0.2, 0.25) is 0 Å². The van der Waals surface area contributed by atoms with Gasteiger partial charge in [-0.3, -0.25) is 0 Å². The molecule has 2 fully saturated rings. The predicted octanol–water partition coefficient (Wildman–Crippen LogP) is 6.19. The van der Waals surface area contributed by atoms with Crippen molar-refractivity contribution in [3.63, 3.8) is 0 Å². The molecular formula is C21H28FN. The van der Waals surface area contributed by atoms with Gasteiger partial charge in [-0.1, -0.05) is 32.3 Å². The lowest BCUT2D eigenvalue weighted by molar-refractivity contribution is 0.158. The van der Waals surface area contributed by atoms with Crippen LogP contribution in [0.5, 0.6) is 0 Å². The average molecular weight is 313 g/mol. The smallest absolute Gasteiger partial charge is 0.141 e. The third-order valence-electron chi connectivity index (χ3n) is 6.49. The zero-order valence-electron chi connectivity index (χ0n) is 14.2. The Balaban J connectivity index is 1.54. The van der Waals surface area contributed by atoms with Crippen molar-refractivity contribution in [1.29, 1.82) is 5.26 Å². The van der Waals surface area contributed by atoms with E-state index in [0.29, 0.717) is 5.92 Å². The Morgan fingerprint density at radius 2 is 1.61 bits per heavy atom. The zero-order valence-corrected chi connectivity index (χ0v) is 14.2. The number of halogens is 1.